The Labute approximate surface area is 245 Å². The average molecular weight is 580 g/mol. The molecule has 1 saturated heterocycles. The molecule has 1 aromatic heterocycles. The second kappa shape index (κ2) is 11.5. The van der Waals surface area contributed by atoms with Gasteiger partial charge >= 0.3 is 0 Å². The van der Waals surface area contributed by atoms with E-state index in [4.69, 9.17) is 4.18 Å². The number of anilines is 5. The number of pyridine rings is 1. The molecule has 0 spiro atoms. The van der Waals surface area contributed by atoms with Gasteiger partial charge < -0.3 is 20.9 Å². The zero-order chi connectivity index (χ0) is 29.5. The van der Waals surface area contributed by atoms with Crippen LogP contribution in [-0.2, 0) is 17.7 Å². The number of likely N-dealkylation sites (N-methyl/N-ethyl adjacent to an activating group) is 1. The summed E-state index contributed by atoms with van der Waals surface area (Å²) in [6.45, 7) is 11.0. The number of likely N-dealkylation sites (tertiary alicyclic amines) is 1. The predicted molar refractivity (Wildman–Crippen MR) is 167 cm³/mol. The monoisotopic (exact) mass is 579 g/mol. The summed E-state index contributed by atoms with van der Waals surface area (Å²) in [5.41, 5.74) is 4.26. The molecule has 3 aromatic rings. The fourth-order valence-corrected chi connectivity index (χ4v) is 5.68. The maximum atomic E-state index is 15.1. The lowest BCUT2D eigenvalue weighted by molar-refractivity contribution is 0.102. The Kier molecular flexibility index (Phi) is 8.18. The normalized spacial score (nSPS) is 17.8. The number of benzene rings is 2. The Morgan fingerprint density at radius 3 is 2.63 bits per heavy atom. The van der Waals surface area contributed by atoms with E-state index in [2.05, 4.69) is 71.7 Å². The molecule has 2 aliphatic rings. The molecule has 10 heteroatoms. The number of halogens is 1. The first-order valence-electron chi connectivity index (χ1n) is 13.9. The molecule has 41 heavy (non-hydrogen) atoms. The number of hydrogen-bond acceptors (Lipinski definition) is 7. The van der Waals surface area contributed by atoms with Crippen LogP contribution in [0.25, 0.3) is 0 Å². The fourth-order valence-electron chi connectivity index (χ4n) is 4.98. The molecule has 1 unspecified atom stereocenters. The molecule has 0 aliphatic carbocycles. The molecule has 2 aliphatic heterocycles. The van der Waals surface area contributed by atoms with E-state index in [9.17, 15) is 4.79 Å². The van der Waals surface area contributed by atoms with Gasteiger partial charge in [0.15, 0.2) is 21.7 Å². The van der Waals surface area contributed by atoms with E-state index in [1.807, 2.05) is 25.3 Å². The maximum absolute atomic E-state index is 15.1. The lowest BCUT2D eigenvalue weighted by Gasteiger charge is -2.20. The molecule has 3 N–H and O–H groups in total. The smallest absolute Gasteiger partial charge is 0.261 e. The Hall–Kier alpha value is -3.34. The van der Waals surface area contributed by atoms with Gasteiger partial charge in [0.1, 0.15) is 23.5 Å². The summed E-state index contributed by atoms with van der Waals surface area (Å²) in [6, 6.07) is 11.4. The molecular formula is C31H40FN6O2S+. The number of nitrogens with one attached hydrogen (secondary N) is 3. The van der Waals surface area contributed by atoms with Crippen LogP contribution in [0.2, 0.25) is 0 Å². The van der Waals surface area contributed by atoms with Gasteiger partial charge in [-0.1, -0.05) is 6.07 Å². The van der Waals surface area contributed by atoms with E-state index in [1.54, 1.807) is 18.3 Å². The van der Waals surface area contributed by atoms with Gasteiger partial charge in [-0.25, -0.2) is 9.37 Å². The van der Waals surface area contributed by atoms with Crippen LogP contribution in [0, 0.1) is 12.7 Å². The highest BCUT2D eigenvalue weighted by atomic mass is 32.2. The quantitative estimate of drug-likeness (QED) is 0.294. The molecule has 5 rings (SSSR count). The van der Waals surface area contributed by atoms with Gasteiger partial charge in [-0.3, -0.25) is 13.9 Å². The van der Waals surface area contributed by atoms with Crippen molar-refractivity contribution in [2.45, 2.75) is 51.4 Å². The number of fused-ring (bicyclic) bond motifs is 2. The van der Waals surface area contributed by atoms with Crippen molar-refractivity contribution in [3.8, 4) is 5.75 Å². The van der Waals surface area contributed by atoms with Crippen molar-refractivity contribution in [3.05, 3.63) is 65.1 Å². The van der Waals surface area contributed by atoms with Crippen LogP contribution < -0.4 is 20.1 Å². The third kappa shape index (κ3) is 6.45. The van der Waals surface area contributed by atoms with Gasteiger partial charge in [0.25, 0.3) is 5.91 Å². The van der Waals surface area contributed by atoms with E-state index in [-0.39, 0.29) is 16.3 Å². The Balaban J connectivity index is 1.38. The molecule has 0 radical (unpaired) electrons. The second-order valence-electron chi connectivity index (χ2n) is 12.1. The van der Waals surface area contributed by atoms with Crippen LogP contribution in [0.1, 0.15) is 48.7 Å². The molecule has 218 valence electrons. The van der Waals surface area contributed by atoms with Crippen molar-refractivity contribution in [1.29, 1.82) is 0 Å². The van der Waals surface area contributed by atoms with E-state index >= 15 is 4.39 Å². The molecule has 3 heterocycles. The van der Waals surface area contributed by atoms with Gasteiger partial charge in [-0.05, 0) is 78.0 Å². The van der Waals surface area contributed by atoms with Crippen LogP contribution in [-0.4, -0.2) is 64.9 Å². The number of amides is 1. The topological polar surface area (TPSA) is 81.8 Å². The Morgan fingerprint density at radius 1 is 1.15 bits per heavy atom. The van der Waals surface area contributed by atoms with Crippen LogP contribution in [0.4, 0.5) is 33.0 Å². The maximum Gasteiger partial charge on any atom is 0.261 e. The molecule has 0 saturated carbocycles. The second-order valence-corrected chi connectivity index (χ2v) is 14.4. The zero-order valence-corrected chi connectivity index (χ0v) is 25.7. The Morgan fingerprint density at radius 2 is 1.93 bits per heavy atom. The van der Waals surface area contributed by atoms with Crippen molar-refractivity contribution in [2.75, 3.05) is 49.4 Å². The molecule has 2 aromatic carbocycles. The van der Waals surface area contributed by atoms with Gasteiger partial charge in [0.05, 0.1) is 22.7 Å². The first-order chi connectivity index (χ1) is 19.4. The van der Waals surface area contributed by atoms with Gasteiger partial charge in [0.2, 0.25) is 0 Å². The van der Waals surface area contributed by atoms with E-state index in [0.29, 0.717) is 40.1 Å². The molecule has 0 bridgehead atoms. The fraction of sp³-hybridized carbons (Fsp3) is 0.419. The number of rotatable bonds is 7. The third-order valence-corrected chi connectivity index (χ3v) is 9.91. The van der Waals surface area contributed by atoms with Gasteiger partial charge in [0, 0.05) is 43.5 Å². The van der Waals surface area contributed by atoms with Gasteiger partial charge in [-0.15, -0.1) is 0 Å². The highest BCUT2D eigenvalue weighted by Gasteiger charge is 2.34. The van der Waals surface area contributed by atoms with Crippen LogP contribution >= 0.6 is 0 Å². The van der Waals surface area contributed by atoms with Crippen LogP contribution in [0.5, 0.6) is 5.75 Å². The summed E-state index contributed by atoms with van der Waals surface area (Å²) in [5.74, 6) is 0.256. The number of aromatic nitrogens is 1. The summed E-state index contributed by atoms with van der Waals surface area (Å²) in [6.07, 6.45) is 4.78. The van der Waals surface area contributed by atoms with E-state index in [1.165, 1.54) is 6.07 Å². The standard InChI is InChI=1S/C31H39FN6O2S/c1-19-14-22(32)25(16-27(19)40-41(7)31(2,3)4)34-24-10-12-33-29-28(24)30(39)36-26-15-20(8-9-23(26)35-29)17-38-13-11-21(18-38)37(5)6/h8-10,12,14-16,21H,11,13,17-18H2,1-7H3,(H2-,33,34,35,36,39)/p+1/t21-,41?/m1/s1. The minimum absolute atomic E-state index is 0.0570. The highest BCUT2D eigenvalue weighted by molar-refractivity contribution is 7.93. The van der Waals surface area contributed by atoms with E-state index in [0.717, 1.165) is 37.3 Å². The number of hydrogen-bond donors (Lipinski definition) is 3. The molecule has 1 fully saturated rings. The van der Waals surface area contributed by atoms with Crippen molar-refractivity contribution >= 4 is 45.7 Å². The minimum atomic E-state index is -0.430. The van der Waals surface area contributed by atoms with Crippen LogP contribution in [0.15, 0.2) is 42.6 Å². The first kappa shape index (κ1) is 29.2. The van der Waals surface area contributed by atoms with Crippen molar-refractivity contribution < 1.29 is 13.4 Å². The molecule has 1 amide bonds. The number of carbonyl (C=O) groups excluding carboxylic acids is 1. The van der Waals surface area contributed by atoms with Crippen LogP contribution in [0.3, 0.4) is 0 Å². The molecule has 8 nitrogen and oxygen atoms in total. The van der Waals surface area contributed by atoms with Crippen molar-refractivity contribution in [2.24, 2.45) is 0 Å². The van der Waals surface area contributed by atoms with Gasteiger partial charge in [-0.2, -0.15) is 0 Å². The SMILES string of the molecule is Cc1cc(F)c(Nc2ccnc3c2C(=O)Nc2cc(CN4CC[C@@H](N(C)C)C4)ccc2N3)cc1O[S+](C)C(C)(C)C. The zero-order valence-electron chi connectivity index (χ0n) is 24.9. The lowest BCUT2D eigenvalue weighted by atomic mass is 10.1. The summed E-state index contributed by atoms with van der Waals surface area (Å²) in [7, 11) is 4.25. The predicted octanol–water partition coefficient (Wildman–Crippen LogP) is 6.06. The van der Waals surface area contributed by atoms with Crippen molar-refractivity contribution in [1.82, 2.24) is 14.8 Å². The minimum Gasteiger partial charge on any atom is -0.352 e. The largest absolute Gasteiger partial charge is 0.352 e. The summed E-state index contributed by atoms with van der Waals surface area (Å²) in [4.78, 5) is 22.7. The number of nitrogens with zero attached hydrogens (tertiary/aromatic N) is 3. The summed E-state index contributed by atoms with van der Waals surface area (Å²) < 4.78 is 21.3. The summed E-state index contributed by atoms with van der Waals surface area (Å²) >= 11 is -0.390. The summed E-state index contributed by atoms with van der Waals surface area (Å²) in [5, 5.41) is 9.49. The number of carbonyl (C=O) groups is 1. The first-order valence-corrected chi connectivity index (χ1v) is 15.5. The van der Waals surface area contributed by atoms with E-state index < -0.39 is 17.0 Å². The lowest BCUT2D eigenvalue weighted by Crippen LogP contribution is -2.31. The highest BCUT2D eigenvalue weighted by Crippen LogP contribution is 2.37. The molecule has 2 atom stereocenters. The average Bonchev–Trinajstić information content (AvgIpc) is 3.31. The molecular weight excluding hydrogens is 539 g/mol. The third-order valence-electron chi connectivity index (χ3n) is 7.76. The van der Waals surface area contributed by atoms with Crippen molar-refractivity contribution in [3.63, 3.8) is 0 Å². The number of aryl methyl sites for hydroxylation is 1. The Bertz CT molecular complexity index is 1460.